The lowest BCUT2D eigenvalue weighted by Gasteiger charge is -2.44. The van der Waals surface area contributed by atoms with E-state index in [2.05, 4.69) is 0 Å². The maximum Gasteiger partial charge on any atom is 0.202 e. The van der Waals surface area contributed by atoms with Gasteiger partial charge in [-0.05, 0) is 26.8 Å². The molecule has 14 nitrogen and oxygen atoms in total. The molecule has 2 fully saturated rings. The van der Waals surface area contributed by atoms with Crippen molar-refractivity contribution in [1.29, 1.82) is 0 Å². The largest absolute Gasteiger partial charge is 0.507 e. The second-order valence-corrected chi connectivity index (χ2v) is 12.8. The molecule has 0 bridgehead atoms. The van der Waals surface area contributed by atoms with E-state index >= 15 is 0 Å². The van der Waals surface area contributed by atoms with E-state index in [0.29, 0.717) is 0 Å². The maximum atomic E-state index is 13.8. The van der Waals surface area contributed by atoms with Gasteiger partial charge in [-0.1, -0.05) is 12.1 Å². The molecule has 2 aromatic carbocycles. The molecule has 2 aliphatic heterocycles. The maximum absolute atomic E-state index is 13.8. The fourth-order valence-electron chi connectivity index (χ4n) is 7.15. The van der Waals surface area contributed by atoms with Gasteiger partial charge < -0.3 is 55.0 Å². The number of phenols is 2. The van der Waals surface area contributed by atoms with Crippen molar-refractivity contribution in [2.75, 3.05) is 7.11 Å². The fourth-order valence-corrected chi connectivity index (χ4v) is 7.15. The lowest BCUT2D eigenvalue weighted by Crippen LogP contribution is -2.56. The summed E-state index contributed by atoms with van der Waals surface area (Å²) >= 11 is 0. The molecule has 47 heavy (non-hydrogen) atoms. The SMILES string of the molecule is COc1cccc2c1C(=O)c1c(O)c3c(c(O)c1C2=O)C[C@@](O)(C(C)=O)C[C@@H]3O[C@H]1C[C@H](N)[C@H](O[C@H]2C[C@H](O)[C@@H](O)[C@H](C)O2)[C@H](C)O1. The van der Waals surface area contributed by atoms with Gasteiger partial charge in [0.25, 0.3) is 0 Å². The molecule has 0 spiro atoms. The number of phenolic OH excluding ortho intramolecular Hbond substituents is 2. The van der Waals surface area contributed by atoms with Crippen LogP contribution in [-0.2, 0) is 30.2 Å². The number of aliphatic hydroxyl groups is 3. The highest BCUT2D eigenvalue weighted by molar-refractivity contribution is 6.31. The summed E-state index contributed by atoms with van der Waals surface area (Å²) in [6.45, 7) is 4.48. The number of carbonyl (C=O) groups is 3. The molecule has 0 saturated carbocycles. The van der Waals surface area contributed by atoms with Gasteiger partial charge in [0.05, 0.1) is 48.2 Å². The molecular formula is C33H39NO13. The first-order valence-electron chi connectivity index (χ1n) is 15.5. The highest BCUT2D eigenvalue weighted by atomic mass is 16.7. The lowest BCUT2D eigenvalue weighted by atomic mass is 9.72. The molecule has 2 aromatic rings. The second-order valence-electron chi connectivity index (χ2n) is 12.8. The third-order valence-corrected chi connectivity index (χ3v) is 9.75. The number of hydrogen-bond acceptors (Lipinski definition) is 14. The van der Waals surface area contributed by atoms with Crippen molar-refractivity contribution < 1.29 is 63.6 Å². The van der Waals surface area contributed by atoms with Crippen LogP contribution in [0.1, 0.15) is 89.1 Å². The van der Waals surface area contributed by atoms with Crippen molar-refractivity contribution in [2.24, 2.45) is 5.73 Å². The van der Waals surface area contributed by atoms with Crippen LogP contribution in [0.4, 0.5) is 0 Å². The Kier molecular flexibility index (Phi) is 8.68. The van der Waals surface area contributed by atoms with E-state index in [0.717, 1.165) is 0 Å². The van der Waals surface area contributed by atoms with E-state index in [1.165, 1.54) is 32.2 Å². The topological polar surface area (TPSA) is 225 Å². The van der Waals surface area contributed by atoms with Crippen molar-refractivity contribution >= 4 is 17.3 Å². The van der Waals surface area contributed by atoms with Crippen LogP contribution in [0, 0.1) is 0 Å². The molecule has 7 N–H and O–H groups in total. The van der Waals surface area contributed by atoms with Crippen LogP contribution in [0.25, 0.3) is 0 Å². The van der Waals surface area contributed by atoms with Crippen LogP contribution >= 0.6 is 0 Å². The zero-order valence-electron chi connectivity index (χ0n) is 26.3. The number of rotatable bonds is 6. The van der Waals surface area contributed by atoms with Gasteiger partial charge in [0.1, 0.15) is 35.1 Å². The van der Waals surface area contributed by atoms with Gasteiger partial charge in [-0.2, -0.15) is 0 Å². The first kappa shape index (κ1) is 33.4. The van der Waals surface area contributed by atoms with E-state index in [1.807, 2.05) is 0 Å². The molecule has 2 heterocycles. The van der Waals surface area contributed by atoms with Crippen LogP contribution in [0.2, 0.25) is 0 Å². The van der Waals surface area contributed by atoms with Gasteiger partial charge >= 0.3 is 0 Å². The molecule has 6 rings (SSSR count). The minimum atomic E-state index is -2.05. The van der Waals surface area contributed by atoms with Gasteiger partial charge in [-0.25, -0.2) is 0 Å². The first-order valence-corrected chi connectivity index (χ1v) is 15.5. The van der Waals surface area contributed by atoms with E-state index in [-0.39, 0.29) is 47.3 Å². The molecule has 0 radical (unpaired) electrons. The average Bonchev–Trinajstić information content (AvgIpc) is 3.01. The monoisotopic (exact) mass is 657 g/mol. The smallest absolute Gasteiger partial charge is 0.202 e. The van der Waals surface area contributed by atoms with Crippen molar-refractivity contribution in [1.82, 2.24) is 0 Å². The van der Waals surface area contributed by atoms with E-state index in [9.17, 15) is 39.9 Å². The molecule has 0 aromatic heterocycles. The molecule has 10 atom stereocenters. The number of ketones is 3. The summed E-state index contributed by atoms with van der Waals surface area (Å²) in [5.74, 6) is -3.30. The first-order chi connectivity index (χ1) is 22.2. The zero-order valence-corrected chi connectivity index (χ0v) is 26.3. The Hall–Kier alpha value is -3.47. The third kappa shape index (κ3) is 5.52. The van der Waals surface area contributed by atoms with Crippen LogP contribution in [0.5, 0.6) is 17.2 Å². The van der Waals surface area contributed by atoms with Crippen LogP contribution in [0.15, 0.2) is 18.2 Å². The van der Waals surface area contributed by atoms with Gasteiger partial charge in [-0.3, -0.25) is 14.4 Å². The van der Waals surface area contributed by atoms with Gasteiger partial charge in [-0.15, -0.1) is 0 Å². The fraction of sp³-hybridized carbons (Fsp3) is 0.545. The normalized spacial score (nSPS) is 35.1. The Morgan fingerprint density at radius 1 is 0.957 bits per heavy atom. The van der Waals surface area contributed by atoms with Crippen molar-refractivity contribution in [3.05, 3.63) is 51.6 Å². The van der Waals surface area contributed by atoms with Gasteiger partial charge in [0.15, 0.2) is 24.1 Å². The number of methoxy groups -OCH3 is 1. The summed E-state index contributed by atoms with van der Waals surface area (Å²) in [5, 5.41) is 54.8. The Morgan fingerprint density at radius 3 is 2.26 bits per heavy atom. The van der Waals surface area contributed by atoms with Crippen LogP contribution < -0.4 is 10.5 Å². The molecule has 4 aliphatic rings. The highest BCUT2D eigenvalue weighted by Crippen LogP contribution is 2.52. The Balaban J connectivity index is 1.33. The standard InChI is InChI=1S/C33H39NO13/c1-12-27(37)18(36)9-22(44-12)47-32-13(2)45-21(8-17(32)34)46-20-11-33(42,14(3)35)10-16-24(20)31(41)26-25(29(16)39)28(38)15-6-5-7-19(43-4)23(15)30(26)40/h5-7,12-13,17-18,20-22,27,32,36-37,39,41-42H,8-11,34H2,1-4H3/t12-,13-,17-,18-,20-,21-,22-,27-,32+,33-/m0/s1. The summed E-state index contributed by atoms with van der Waals surface area (Å²) in [7, 11) is 1.33. The van der Waals surface area contributed by atoms with Crippen LogP contribution in [0.3, 0.4) is 0 Å². The molecule has 2 saturated heterocycles. The number of aromatic hydroxyl groups is 2. The van der Waals surface area contributed by atoms with Crippen molar-refractivity contribution in [3.8, 4) is 17.2 Å². The minimum absolute atomic E-state index is 0.0223. The summed E-state index contributed by atoms with van der Waals surface area (Å²) < 4.78 is 29.4. The molecule has 14 heteroatoms. The highest BCUT2D eigenvalue weighted by Gasteiger charge is 2.50. The number of ether oxygens (including phenoxy) is 5. The van der Waals surface area contributed by atoms with Gasteiger partial charge in [0, 0.05) is 48.4 Å². The molecule has 2 aliphatic carbocycles. The number of aliphatic hydroxyl groups excluding tert-OH is 2. The lowest BCUT2D eigenvalue weighted by molar-refractivity contribution is -0.302. The number of hydrogen-bond donors (Lipinski definition) is 6. The predicted octanol–water partition coefficient (Wildman–Crippen LogP) is 0.910. The Morgan fingerprint density at radius 2 is 1.62 bits per heavy atom. The Labute approximate surface area is 269 Å². The van der Waals surface area contributed by atoms with Gasteiger partial charge in [0.2, 0.25) is 5.78 Å². The zero-order chi connectivity index (χ0) is 34.1. The number of fused-ring (bicyclic) bond motifs is 3. The summed E-state index contributed by atoms with van der Waals surface area (Å²) in [4.78, 5) is 40.2. The van der Waals surface area contributed by atoms with Crippen molar-refractivity contribution in [3.63, 3.8) is 0 Å². The molecule has 254 valence electrons. The third-order valence-electron chi connectivity index (χ3n) is 9.75. The minimum Gasteiger partial charge on any atom is -0.507 e. The average molecular weight is 658 g/mol. The second kappa shape index (κ2) is 12.2. The predicted molar refractivity (Wildman–Crippen MR) is 160 cm³/mol. The summed E-state index contributed by atoms with van der Waals surface area (Å²) in [6, 6.07) is 3.74. The molecule has 0 amide bonds. The van der Waals surface area contributed by atoms with E-state index in [1.54, 1.807) is 13.8 Å². The number of carbonyl (C=O) groups excluding carboxylic acids is 3. The van der Waals surface area contributed by atoms with E-state index < -0.39 is 107 Å². The summed E-state index contributed by atoms with van der Waals surface area (Å²) in [5.41, 5.74) is 3.27. The molecule has 0 unspecified atom stereocenters. The van der Waals surface area contributed by atoms with Crippen molar-refractivity contribution in [2.45, 2.75) is 107 Å². The number of nitrogens with two attached hydrogens (primary N) is 1. The quantitative estimate of drug-likeness (QED) is 0.203. The molecular weight excluding hydrogens is 618 g/mol. The Bertz CT molecular complexity index is 1600. The number of Topliss-reactive ketones (excluding diaryl/α,β-unsaturated/α-hetero) is 1. The van der Waals surface area contributed by atoms with Crippen LogP contribution in [-0.4, -0.2) is 105 Å². The number of benzene rings is 2. The van der Waals surface area contributed by atoms with E-state index in [4.69, 9.17) is 29.4 Å². The summed E-state index contributed by atoms with van der Waals surface area (Å²) in [6.07, 6.45) is -8.10.